The van der Waals surface area contributed by atoms with E-state index >= 15 is 0 Å². The van der Waals surface area contributed by atoms with E-state index in [2.05, 4.69) is 10.2 Å². The summed E-state index contributed by atoms with van der Waals surface area (Å²) in [6.07, 6.45) is -4.44. The fraction of sp³-hybridized carbons (Fsp3) is 0.0833. The highest BCUT2D eigenvalue weighted by molar-refractivity contribution is 6.30. The van der Waals surface area contributed by atoms with E-state index in [4.69, 9.17) is 16.9 Å². The van der Waals surface area contributed by atoms with E-state index in [1.807, 2.05) is 0 Å². The fourth-order valence-corrected chi connectivity index (χ4v) is 1.59. The van der Waals surface area contributed by atoms with Gasteiger partial charge in [0.05, 0.1) is 16.8 Å². The van der Waals surface area contributed by atoms with Crippen LogP contribution in [0.3, 0.4) is 0 Å². The number of benzene rings is 1. The lowest BCUT2D eigenvalue weighted by molar-refractivity contribution is -0.137. The summed E-state index contributed by atoms with van der Waals surface area (Å²) >= 11 is 5.61. The van der Waals surface area contributed by atoms with Crippen molar-refractivity contribution in [2.75, 3.05) is 0 Å². The maximum absolute atomic E-state index is 12.6. The fourth-order valence-electron chi connectivity index (χ4n) is 1.45. The Morgan fingerprint density at radius 2 is 1.89 bits per heavy atom. The van der Waals surface area contributed by atoms with Crippen molar-refractivity contribution in [2.24, 2.45) is 0 Å². The van der Waals surface area contributed by atoms with Crippen LogP contribution >= 0.6 is 11.6 Å². The summed E-state index contributed by atoms with van der Waals surface area (Å²) in [4.78, 5) is 0. The zero-order valence-electron chi connectivity index (χ0n) is 9.24. The van der Waals surface area contributed by atoms with Crippen molar-refractivity contribution in [3.63, 3.8) is 0 Å². The van der Waals surface area contributed by atoms with Gasteiger partial charge in [0.2, 0.25) is 0 Å². The van der Waals surface area contributed by atoms with Crippen molar-refractivity contribution < 1.29 is 13.2 Å². The lowest BCUT2D eigenvalue weighted by atomic mass is 10.1. The first-order chi connectivity index (χ1) is 8.91. The van der Waals surface area contributed by atoms with Crippen LogP contribution in [0.25, 0.3) is 11.3 Å². The summed E-state index contributed by atoms with van der Waals surface area (Å²) in [5.41, 5.74) is -0.355. The van der Waals surface area contributed by atoms with Gasteiger partial charge in [-0.15, -0.1) is 10.2 Å². The van der Waals surface area contributed by atoms with E-state index in [-0.39, 0.29) is 22.0 Å². The second-order valence-corrected chi connectivity index (χ2v) is 3.98. The molecular weight excluding hydrogens is 279 g/mol. The number of alkyl halides is 3. The van der Waals surface area contributed by atoms with Gasteiger partial charge in [-0.1, -0.05) is 23.7 Å². The summed E-state index contributed by atoms with van der Waals surface area (Å²) in [6, 6.07) is 7.71. The minimum Gasteiger partial charge on any atom is -0.192 e. The molecule has 0 fully saturated rings. The Morgan fingerprint density at radius 3 is 2.53 bits per heavy atom. The number of nitrogens with zero attached hydrogens (tertiary/aromatic N) is 3. The summed E-state index contributed by atoms with van der Waals surface area (Å²) in [7, 11) is 0. The molecule has 2 rings (SSSR count). The molecule has 0 saturated heterocycles. The van der Waals surface area contributed by atoms with E-state index in [0.717, 1.165) is 12.1 Å². The summed E-state index contributed by atoms with van der Waals surface area (Å²) < 4.78 is 37.8. The SMILES string of the molecule is N#Cc1cc(-c2cccc(C(F)(F)F)c2)nnc1Cl. The summed E-state index contributed by atoms with van der Waals surface area (Å²) in [5.74, 6) is 0. The molecule has 1 heterocycles. The lowest BCUT2D eigenvalue weighted by Gasteiger charge is -2.08. The van der Waals surface area contributed by atoms with Crippen LogP contribution in [-0.2, 0) is 6.18 Å². The monoisotopic (exact) mass is 283 g/mol. The molecule has 0 radical (unpaired) electrons. The Labute approximate surface area is 111 Å². The van der Waals surface area contributed by atoms with Crippen molar-refractivity contribution in [1.82, 2.24) is 10.2 Å². The van der Waals surface area contributed by atoms with Crippen molar-refractivity contribution in [3.8, 4) is 17.3 Å². The highest BCUT2D eigenvalue weighted by Gasteiger charge is 2.30. The Bertz CT molecular complexity index is 662. The van der Waals surface area contributed by atoms with Gasteiger partial charge in [0, 0.05) is 5.56 Å². The van der Waals surface area contributed by atoms with Crippen LogP contribution in [0.4, 0.5) is 13.2 Å². The number of nitriles is 1. The van der Waals surface area contributed by atoms with Crippen LogP contribution in [0.1, 0.15) is 11.1 Å². The first-order valence-electron chi connectivity index (χ1n) is 5.03. The molecule has 1 aromatic carbocycles. The third-order valence-electron chi connectivity index (χ3n) is 2.35. The van der Waals surface area contributed by atoms with Gasteiger partial charge in [-0.05, 0) is 18.2 Å². The number of halogens is 4. The van der Waals surface area contributed by atoms with Crippen molar-refractivity contribution in [1.29, 1.82) is 5.26 Å². The minimum absolute atomic E-state index is 0.0593. The van der Waals surface area contributed by atoms with Crippen LogP contribution < -0.4 is 0 Å². The minimum atomic E-state index is -4.44. The topological polar surface area (TPSA) is 49.6 Å². The van der Waals surface area contributed by atoms with Crippen LogP contribution in [-0.4, -0.2) is 10.2 Å². The Morgan fingerprint density at radius 1 is 1.16 bits per heavy atom. The molecule has 0 unspecified atom stereocenters. The van der Waals surface area contributed by atoms with Crippen LogP contribution in [0.2, 0.25) is 5.15 Å². The average molecular weight is 284 g/mol. The largest absolute Gasteiger partial charge is 0.416 e. The maximum atomic E-state index is 12.6. The quantitative estimate of drug-likeness (QED) is 0.802. The zero-order chi connectivity index (χ0) is 14.0. The van der Waals surface area contributed by atoms with E-state index in [0.29, 0.717) is 0 Å². The Hall–Kier alpha value is -2.13. The molecule has 0 saturated carbocycles. The molecule has 7 heteroatoms. The molecule has 0 N–H and O–H groups in total. The molecule has 0 bridgehead atoms. The molecule has 3 nitrogen and oxygen atoms in total. The molecule has 0 aliphatic carbocycles. The molecule has 0 spiro atoms. The number of hydrogen-bond donors (Lipinski definition) is 0. The van der Waals surface area contributed by atoms with Crippen LogP contribution in [0, 0.1) is 11.3 Å². The molecular formula is C12H5ClF3N3. The average Bonchev–Trinajstić information content (AvgIpc) is 2.38. The van der Waals surface area contributed by atoms with Gasteiger partial charge in [-0.25, -0.2) is 0 Å². The molecule has 96 valence electrons. The number of hydrogen-bond acceptors (Lipinski definition) is 3. The predicted molar refractivity (Wildman–Crippen MR) is 62.2 cm³/mol. The Balaban J connectivity index is 2.51. The highest BCUT2D eigenvalue weighted by Crippen LogP contribution is 2.31. The van der Waals surface area contributed by atoms with Gasteiger partial charge >= 0.3 is 6.18 Å². The van der Waals surface area contributed by atoms with Gasteiger partial charge in [-0.2, -0.15) is 18.4 Å². The van der Waals surface area contributed by atoms with E-state index in [1.54, 1.807) is 6.07 Å². The predicted octanol–water partition coefficient (Wildman–Crippen LogP) is 3.69. The van der Waals surface area contributed by atoms with Crippen LogP contribution in [0.5, 0.6) is 0 Å². The van der Waals surface area contributed by atoms with Crippen LogP contribution in [0.15, 0.2) is 30.3 Å². The molecule has 0 amide bonds. The van der Waals surface area contributed by atoms with Gasteiger partial charge in [0.1, 0.15) is 6.07 Å². The van der Waals surface area contributed by atoms with Crippen molar-refractivity contribution >= 4 is 11.6 Å². The standard InChI is InChI=1S/C12H5ClF3N3/c13-11-8(6-17)5-10(18-19-11)7-2-1-3-9(4-7)12(14,15)16/h1-5H. The lowest BCUT2D eigenvalue weighted by Crippen LogP contribution is -2.04. The van der Waals surface area contributed by atoms with Gasteiger partial charge in [0.25, 0.3) is 0 Å². The third kappa shape index (κ3) is 2.83. The molecule has 2 aromatic rings. The van der Waals surface area contributed by atoms with Crippen molar-refractivity contribution in [3.05, 3.63) is 46.6 Å². The van der Waals surface area contributed by atoms with E-state index in [9.17, 15) is 13.2 Å². The maximum Gasteiger partial charge on any atom is 0.416 e. The molecule has 1 aromatic heterocycles. The smallest absolute Gasteiger partial charge is 0.192 e. The first-order valence-corrected chi connectivity index (χ1v) is 5.40. The second-order valence-electron chi connectivity index (χ2n) is 3.62. The first kappa shape index (κ1) is 13.3. The molecule has 19 heavy (non-hydrogen) atoms. The summed E-state index contributed by atoms with van der Waals surface area (Å²) in [6.45, 7) is 0. The Kier molecular flexibility index (Phi) is 3.40. The second kappa shape index (κ2) is 4.86. The summed E-state index contributed by atoms with van der Waals surface area (Å²) in [5, 5.41) is 15.9. The van der Waals surface area contributed by atoms with E-state index < -0.39 is 11.7 Å². The highest BCUT2D eigenvalue weighted by atomic mass is 35.5. The number of aromatic nitrogens is 2. The third-order valence-corrected chi connectivity index (χ3v) is 2.63. The normalized spacial score (nSPS) is 11.1. The van der Waals surface area contributed by atoms with E-state index in [1.165, 1.54) is 18.2 Å². The zero-order valence-corrected chi connectivity index (χ0v) is 10.00. The molecule has 0 aliphatic heterocycles. The number of rotatable bonds is 1. The molecule has 0 atom stereocenters. The van der Waals surface area contributed by atoms with Gasteiger partial charge in [-0.3, -0.25) is 0 Å². The van der Waals surface area contributed by atoms with Gasteiger partial charge in [0.15, 0.2) is 5.15 Å². The van der Waals surface area contributed by atoms with Crippen molar-refractivity contribution in [2.45, 2.75) is 6.18 Å². The van der Waals surface area contributed by atoms with Gasteiger partial charge < -0.3 is 0 Å². The molecule has 0 aliphatic rings.